The summed E-state index contributed by atoms with van der Waals surface area (Å²) in [6.45, 7) is 2.77. The Morgan fingerprint density at radius 1 is 1.75 bits per heavy atom. The van der Waals surface area contributed by atoms with E-state index in [-0.39, 0.29) is 5.24 Å². The molecule has 0 aliphatic carbocycles. The van der Waals surface area contributed by atoms with Crippen LogP contribution >= 0.6 is 12.6 Å². The van der Waals surface area contributed by atoms with E-state index in [9.17, 15) is 4.79 Å². The number of hydrogen-bond acceptors (Lipinski definition) is 1. The summed E-state index contributed by atoms with van der Waals surface area (Å²) < 4.78 is 0. The van der Waals surface area contributed by atoms with Crippen LogP contribution in [0, 0.1) is 0 Å². The fourth-order valence-corrected chi connectivity index (χ4v) is 0.518. The zero-order valence-electron chi connectivity index (χ0n) is 5.18. The Kier molecular flexibility index (Phi) is 3.52. The first-order valence-corrected chi connectivity index (χ1v) is 3.01. The molecule has 0 bridgehead atoms. The first kappa shape index (κ1) is 7.69. The number of nitrogens with zero attached hydrogens (tertiary/aromatic N) is 1. The lowest BCUT2D eigenvalue weighted by Gasteiger charge is -2.09. The van der Waals surface area contributed by atoms with Gasteiger partial charge >= 0.3 is 5.24 Å². The Bertz CT molecular complexity index is 84.5. The second-order valence-electron chi connectivity index (χ2n) is 1.69. The second-order valence-corrected chi connectivity index (χ2v) is 2.04. The number of rotatable bonds is 2. The Balaban J connectivity index is 3.32. The Hall–Kier alpha value is -0.310. The van der Waals surface area contributed by atoms with Gasteiger partial charge in [0.1, 0.15) is 0 Å². The van der Waals surface area contributed by atoms with Gasteiger partial charge in [-0.2, -0.15) is 0 Å². The summed E-state index contributed by atoms with van der Waals surface area (Å²) in [7, 11) is 1.71. The third-order valence-electron chi connectivity index (χ3n) is 0.871. The molecule has 0 aromatic carbocycles. The van der Waals surface area contributed by atoms with Crippen LogP contribution in [-0.4, -0.2) is 23.7 Å². The molecule has 0 aromatic heterocycles. The van der Waals surface area contributed by atoms with Gasteiger partial charge in [0.25, 0.3) is 0 Å². The highest BCUT2D eigenvalue weighted by Gasteiger charge is 1.99. The Labute approximate surface area is 55.3 Å². The van der Waals surface area contributed by atoms with Crippen LogP contribution in [0.4, 0.5) is 4.79 Å². The highest BCUT2D eigenvalue weighted by molar-refractivity contribution is 7.96. The van der Waals surface area contributed by atoms with Crippen molar-refractivity contribution < 1.29 is 4.79 Å². The third kappa shape index (κ3) is 2.80. The topological polar surface area (TPSA) is 20.3 Å². The smallest absolute Gasteiger partial charge is 0.312 e. The maximum Gasteiger partial charge on any atom is 0.312 e. The van der Waals surface area contributed by atoms with Crippen LogP contribution in [0.1, 0.15) is 13.3 Å². The van der Waals surface area contributed by atoms with E-state index in [2.05, 4.69) is 12.6 Å². The zero-order chi connectivity index (χ0) is 6.57. The average Bonchev–Trinajstić information content (AvgIpc) is 1.67. The predicted molar refractivity (Wildman–Crippen MR) is 35.9 cm³/mol. The van der Waals surface area contributed by atoms with E-state index in [0.717, 1.165) is 13.0 Å². The molecule has 1 amide bonds. The number of carbonyl (C=O) groups is 1. The van der Waals surface area contributed by atoms with Gasteiger partial charge in [0.15, 0.2) is 0 Å². The van der Waals surface area contributed by atoms with Crippen molar-refractivity contribution in [2.75, 3.05) is 13.6 Å². The molecule has 0 rings (SSSR count). The van der Waals surface area contributed by atoms with Crippen molar-refractivity contribution in [2.45, 2.75) is 13.3 Å². The van der Waals surface area contributed by atoms with Gasteiger partial charge in [-0.1, -0.05) is 6.92 Å². The number of hydrogen-bond donors (Lipinski definition) is 0. The fourth-order valence-electron chi connectivity index (χ4n) is 0.427. The first-order chi connectivity index (χ1) is 3.68. The lowest BCUT2D eigenvalue weighted by molar-refractivity contribution is 0.234. The van der Waals surface area contributed by atoms with Crippen LogP contribution in [-0.2, 0) is 0 Å². The van der Waals surface area contributed by atoms with Crippen molar-refractivity contribution in [2.24, 2.45) is 0 Å². The summed E-state index contributed by atoms with van der Waals surface area (Å²) in [4.78, 5) is 11.8. The summed E-state index contributed by atoms with van der Waals surface area (Å²) in [5, 5.41) is -0.271. The highest BCUT2D eigenvalue weighted by Crippen LogP contribution is 1.91. The van der Waals surface area contributed by atoms with E-state index in [0.29, 0.717) is 0 Å². The van der Waals surface area contributed by atoms with Crippen LogP contribution < -0.4 is 0 Å². The molecule has 0 saturated heterocycles. The Morgan fingerprint density at radius 2 is 2.25 bits per heavy atom. The second kappa shape index (κ2) is 3.66. The minimum Gasteiger partial charge on any atom is -0.333 e. The number of carbonyl (C=O) groups excluding carboxylic acids is 1. The quantitative estimate of drug-likeness (QED) is 0.559. The molecule has 0 heterocycles. The van der Waals surface area contributed by atoms with Gasteiger partial charge in [-0.15, -0.1) is 0 Å². The molecule has 0 atom stereocenters. The Morgan fingerprint density at radius 3 is 2.38 bits per heavy atom. The molecule has 0 unspecified atom stereocenters. The normalized spacial score (nSPS) is 8.75. The maximum absolute atomic E-state index is 10.3. The monoisotopic (exact) mass is 132 g/mol. The maximum atomic E-state index is 10.3. The molecule has 0 fully saturated rings. The molecule has 0 saturated carbocycles. The van der Waals surface area contributed by atoms with E-state index in [1.807, 2.05) is 6.92 Å². The molecule has 8 heavy (non-hydrogen) atoms. The van der Waals surface area contributed by atoms with E-state index in [1.54, 1.807) is 7.05 Å². The van der Waals surface area contributed by atoms with Gasteiger partial charge < -0.3 is 4.90 Å². The molecule has 47 valence electrons. The van der Waals surface area contributed by atoms with Gasteiger partial charge in [0, 0.05) is 13.6 Å². The van der Waals surface area contributed by atoms with Crippen LogP contribution in [0.5, 0.6) is 0 Å². The minimum absolute atomic E-state index is 0.271. The van der Waals surface area contributed by atoms with Crippen molar-refractivity contribution in [3.05, 3.63) is 0 Å². The molecule has 0 aliphatic rings. The van der Waals surface area contributed by atoms with Crippen molar-refractivity contribution >= 4 is 17.9 Å². The summed E-state index contributed by atoms with van der Waals surface area (Å²) in [6.07, 6.45) is 0.971. The molecule has 0 aliphatic heterocycles. The van der Waals surface area contributed by atoms with Gasteiger partial charge in [-0.05, 0) is 19.0 Å². The summed E-state index contributed by atoms with van der Waals surface area (Å²) in [6, 6.07) is 0. The SMILES string of the molecule is CCCN(C)C(=O)[S]. The zero-order valence-corrected chi connectivity index (χ0v) is 5.99. The van der Waals surface area contributed by atoms with Gasteiger partial charge in [0.2, 0.25) is 0 Å². The van der Waals surface area contributed by atoms with Gasteiger partial charge in [0.05, 0.1) is 0 Å². The summed E-state index contributed by atoms with van der Waals surface area (Å²) >= 11 is 4.35. The largest absolute Gasteiger partial charge is 0.333 e. The van der Waals surface area contributed by atoms with Crippen LogP contribution in [0.15, 0.2) is 0 Å². The predicted octanol–water partition coefficient (Wildman–Crippen LogP) is 1.65. The summed E-state index contributed by atoms with van der Waals surface area (Å²) in [5.41, 5.74) is 0. The van der Waals surface area contributed by atoms with Crippen molar-refractivity contribution in [3.63, 3.8) is 0 Å². The van der Waals surface area contributed by atoms with Gasteiger partial charge in [-0.25, -0.2) is 0 Å². The van der Waals surface area contributed by atoms with E-state index in [1.165, 1.54) is 4.90 Å². The molecule has 0 aromatic rings. The minimum atomic E-state index is -0.271. The fraction of sp³-hybridized carbons (Fsp3) is 0.800. The standard InChI is InChI=1S/C5H10NOS/c1-3-4-6(2)5(7)8/h3-4H2,1-2H3. The third-order valence-corrected chi connectivity index (χ3v) is 1.18. The summed E-state index contributed by atoms with van der Waals surface area (Å²) in [5.74, 6) is 0. The molecular formula is C5H10NOS. The van der Waals surface area contributed by atoms with Crippen LogP contribution in [0.2, 0.25) is 0 Å². The van der Waals surface area contributed by atoms with Crippen molar-refractivity contribution in [3.8, 4) is 0 Å². The molecular weight excluding hydrogens is 122 g/mol. The van der Waals surface area contributed by atoms with Crippen molar-refractivity contribution in [1.82, 2.24) is 4.90 Å². The van der Waals surface area contributed by atoms with Crippen LogP contribution in [0.25, 0.3) is 0 Å². The van der Waals surface area contributed by atoms with E-state index in [4.69, 9.17) is 0 Å². The lowest BCUT2D eigenvalue weighted by Crippen LogP contribution is -2.21. The number of amides is 1. The van der Waals surface area contributed by atoms with E-state index >= 15 is 0 Å². The molecule has 3 heteroatoms. The van der Waals surface area contributed by atoms with Crippen molar-refractivity contribution in [1.29, 1.82) is 0 Å². The molecule has 0 N–H and O–H groups in total. The van der Waals surface area contributed by atoms with E-state index < -0.39 is 0 Å². The first-order valence-electron chi connectivity index (χ1n) is 2.60. The molecule has 1 radical (unpaired) electrons. The highest BCUT2D eigenvalue weighted by atomic mass is 32.1. The molecule has 2 nitrogen and oxygen atoms in total. The van der Waals surface area contributed by atoms with Gasteiger partial charge in [-0.3, -0.25) is 4.79 Å². The van der Waals surface area contributed by atoms with Crippen LogP contribution in [0.3, 0.4) is 0 Å². The average molecular weight is 132 g/mol. The molecule has 0 spiro atoms. The lowest BCUT2D eigenvalue weighted by atomic mass is 10.5.